The van der Waals surface area contributed by atoms with Gasteiger partial charge in [0.25, 0.3) is 0 Å². The number of rotatable bonds is 7. The zero-order chi connectivity index (χ0) is 19.2. The average molecular weight is 386 g/mol. The number of methoxy groups -OCH3 is 1. The van der Waals surface area contributed by atoms with Crippen LogP contribution in [0.3, 0.4) is 0 Å². The summed E-state index contributed by atoms with van der Waals surface area (Å²) in [7, 11) is 3.33. The van der Waals surface area contributed by atoms with Crippen LogP contribution in [0.5, 0.6) is 5.75 Å². The predicted octanol–water partition coefficient (Wildman–Crippen LogP) is 3.99. The summed E-state index contributed by atoms with van der Waals surface area (Å²) in [6, 6.07) is 14.9. The number of aryl methyl sites for hydroxylation is 1. The fourth-order valence-corrected chi connectivity index (χ4v) is 2.87. The molecule has 1 heterocycles. The van der Waals surface area contributed by atoms with Gasteiger partial charge in [0.05, 0.1) is 7.11 Å². The predicted molar refractivity (Wildman–Crippen MR) is 103 cm³/mol. The van der Waals surface area contributed by atoms with E-state index in [1.807, 2.05) is 30.3 Å². The number of benzene rings is 2. The van der Waals surface area contributed by atoms with Crippen LogP contribution in [0.2, 0.25) is 5.02 Å². The molecular weight excluding hydrogens is 366 g/mol. The Hall–Kier alpha value is -2.86. The van der Waals surface area contributed by atoms with Gasteiger partial charge in [0.15, 0.2) is 0 Å². The Morgan fingerprint density at radius 3 is 2.74 bits per heavy atom. The second-order valence-corrected chi connectivity index (χ2v) is 6.52. The van der Waals surface area contributed by atoms with E-state index in [-0.39, 0.29) is 12.3 Å². The van der Waals surface area contributed by atoms with Gasteiger partial charge in [-0.3, -0.25) is 4.79 Å². The molecule has 0 unspecified atom stereocenters. The van der Waals surface area contributed by atoms with Crippen molar-refractivity contribution in [3.05, 3.63) is 65.0 Å². The van der Waals surface area contributed by atoms with Crippen LogP contribution < -0.4 is 4.74 Å². The van der Waals surface area contributed by atoms with Gasteiger partial charge >= 0.3 is 0 Å². The molecule has 0 aliphatic heterocycles. The summed E-state index contributed by atoms with van der Waals surface area (Å²) in [6.07, 6.45) is 0.658. The molecule has 3 aromatic rings. The number of carbonyl (C=O) groups excluding carboxylic acids is 1. The first kappa shape index (κ1) is 18.9. The van der Waals surface area contributed by atoms with E-state index in [0.717, 1.165) is 11.1 Å². The molecule has 0 N–H and O–H groups in total. The van der Waals surface area contributed by atoms with Crippen molar-refractivity contribution in [3.8, 4) is 17.1 Å². The Morgan fingerprint density at radius 1 is 1.22 bits per heavy atom. The molecule has 0 aliphatic carbocycles. The summed E-state index contributed by atoms with van der Waals surface area (Å²) in [4.78, 5) is 18.4. The fourth-order valence-electron chi connectivity index (χ4n) is 2.68. The lowest BCUT2D eigenvalue weighted by Gasteiger charge is -2.18. The molecule has 140 valence electrons. The van der Waals surface area contributed by atoms with Crippen molar-refractivity contribution < 1.29 is 14.1 Å². The molecule has 6 nitrogen and oxygen atoms in total. The van der Waals surface area contributed by atoms with Crippen LogP contribution in [0.25, 0.3) is 11.4 Å². The molecule has 0 saturated carbocycles. The zero-order valence-corrected chi connectivity index (χ0v) is 15.9. The summed E-state index contributed by atoms with van der Waals surface area (Å²) >= 11 is 6.04. The first-order valence-electron chi connectivity index (χ1n) is 8.51. The van der Waals surface area contributed by atoms with E-state index in [9.17, 15) is 4.79 Å². The van der Waals surface area contributed by atoms with Crippen molar-refractivity contribution in [1.82, 2.24) is 15.0 Å². The van der Waals surface area contributed by atoms with E-state index in [0.29, 0.717) is 35.5 Å². The minimum Gasteiger partial charge on any atom is -0.496 e. The summed E-state index contributed by atoms with van der Waals surface area (Å²) in [6.45, 7) is 0.404. The SMILES string of the molecule is COc1ccc(Cl)cc1CN(C)C(=O)CCc1nc(-c2ccccc2)no1. The van der Waals surface area contributed by atoms with Crippen molar-refractivity contribution >= 4 is 17.5 Å². The highest BCUT2D eigenvalue weighted by Gasteiger charge is 2.15. The van der Waals surface area contributed by atoms with E-state index in [2.05, 4.69) is 10.1 Å². The Bertz CT molecular complexity index is 912. The largest absolute Gasteiger partial charge is 0.496 e. The number of carbonyl (C=O) groups is 1. The van der Waals surface area contributed by atoms with Gasteiger partial charge in [-0.05, 0) is 18.2 Å². The highest BCUT2D eigenvalue weighted by Crippen LogP contribution is 2.24. The Morgan fingerprint density at radius 2 is 2.00 bits per heavy atom. The van der Waals surface area contributed by atoms with E-state index in [1.165, 1.54) is 0 Å². The van der Waals surface area contributed by atoms with E-state index >= 15 is 0 Å². The number of nitrogens with zero attached hydrogens (tertiary/aromatic N) is 3. The molecule has 1 amide bonds. The molecule has 0 fully saturated rings. The average Bonchev–Trinajstić information content (AvgIpc) is 3.16. The maximum atomic E-state index is 12.4. The van der Waals surface area contributed by atoms with Crippen molar-refractivity contribution in [2.45, 2.75) is 19.4 Å². The van der Waals surface area contributed by atoms with Gasteiger partial charge in [0, 0.05) is 42.6 Å². The second kappa shape index (κ2) is 8.68. The number of amides is 1. The highest BCUT2D eigenvalue weighted by molar-refractivity contribution is 6.30. The third kappa shape index (κ3) is 4.86. The monoisotopic (exact) mass is 385 g/mol. The molecule has 0 spiro atoms. The van der Waals surface area contributed by atoms with Crippen LogP contribution in [0.15, 0.2) is 53.1 Å². The molecule has 7 heteroatoms. The fraction of sp³-hybridized carbons (Fsp3) is 0.250. The minimum atomic E-state index is -0.0310. The van der Waals surface area contributed by atoms with Gasteiger partial charge in [0.1, 0.15) is 5.75 Å². The maximum Gasteiger partial charge on any atom is 0.227 e. The smallest absolute Gasteiger partial charge is 0.227 e. The second-order valence-electron chi connectivity index (χ2n) is 6.08. The van der Waals surface area contributed by atoms with Crippen molar-refractivity contribution in [3.63, 3.8) is 0 Å². The molecule has 0 saturated heterocycles. The lowest BCUT2D eigenvalue weighted by Crippen LogP contribution is -2.26. The van der Waals surface area contributed by atoms with Crippen molar-refractivity contribution in [2.75, 3.05) is 14.2 Å². The first-order chi connectivity index (χ1) is 13.1. The number of aromatic nitrogens is 2. The van der Waals surface area contributed by atoms with Crippen LogP contribution in [-0.2, 0) is 17.8 Å². The minimum absolute atomic E-state index is 0.0310. The maximum absolute atomic E-state index is 12.4. The molecule has 3 rings (SSSR count). The van der Waals surface area contributed by atoms with E-state index < -0.39 is 0 Å². The molecule has 2 aromatic carbocycles. The van der Waals surface area contributed by atoms with Gasteiger partial charge in [-0.25, -0.2) is 0 Å². The summed E-state index contributed by atoms with van der Waals surface area (Å²) in [5, 5.41) is 4.57. The standard InChI is InChI=1S/C20H20ClN3O3/c1-24(13-15-12-16(21)8-9-17(15)26-2)19(25)11-10-18-22-20(23-27-18)14-6-4-3-5-7-14/h3-9,12H,10-11,13H2,1-2H3. The molecule has 0 atom stereocenters. The van der Waals surface area contributed by atoms with Gasteiger partial charge in [-0.1, -0.05) is 47.1 Å². The number of hydrogen-bond donors (Lipinski definition) is 0. The van der Waals surface area contributed by atoms with Crippen LogP contribution >= 0.6 is 11.6 Å². The molecule has 0 aliphatic rings. The van der Waals surface area contributed by atoms with Crippen LogP contribution in [-0.4, -0.2) is 35.1 Å². The summed E-state index contributed by atoms with van der Waals surface area (Å²) in [5.74, 6) is 1.63. The Labute approximate surface area is 162 Å². The van der Waals surface area contributed by atoms with Crippen molar-refractivity contribution in [2.24, 2.45) is 0 Å². The van der Waals surface area contributed by atoms with Gasteiger partial charge in [0.2, 0.25) is 17.6 Å². The van der Waals surface area contributed by atoms with Gasteiger partial charge in [-0.2, -0.15) is 4.98 Å². The summed E-state index contributed by atoms with van der Waals surface area (Å²) in [5.41, 5.74) is 1.73. The van der Waals surface area contributed by atoms with Crippen LogP contribution in [0.1, 0.15) is 17.9 Å². The Kier molecular flexibility index (Phi) is 6.08. The number of halogens is 1. The third-order valence-electron chi connectivity index (χ3n) is 4.13. The number of ether oxygens (including phenoxy) is 1. The van der Waals surface area contributed by atoms with E-state index in [1.54, 1.807) is 37.3 Å². The topological polar surface area (TPSA) is 68.5 Å². The molecule has 0 radical (unpaired) electrons. The first-order valence-corrected chi connectivity index (χ1v) is 8.89. The Balaban J connectivity index is 1.58. The molecule has 1 aromatic heterocycles. The highest BCUT2D eigenvalue weighted by atomic mass is 35.5. The van der Waals surface area contributed by atoms with Crippen molar-refractivity contribution in [1.29, 1.82) is 0 Å². The van der Waals surface area contributed by atoms with Gasteiger partial charge in [-0.15, -0.1) is 0 Å². The molecule has 27 heavy (non-hydrogen) atoms. The molecule has 0 bridgehead atoms. The lowest BCUT2D eigenvalue weighted by atomic mass is 10.1. The zero-order valence-electron chi connectivity index (χ0n) is 15.2. The van der Waals surface area contributed by atoms with Crippen LogP contribution in [0, 0.1) is 0 Å². The quantitative estimate of drug-likeness (QED) is 0.615. The molecular formula is C20H20ClN3O3. The van der Waals surface area contributed by atoms with E-state index in [4.69, 9.17) is 20.9 Å². The lowest BCUT2D eigenvalue weighted by molar-refractivity contribution is -0.130. The number of hydrogen-bond acceptors (Lipinski definition) is 5. The van der Waals surface area contributed by atoms with Crippen LogP contribution in [0.4, 0.5) is 0 Å². The van der Waals surface area contributed by atoms with Gasteiger partial charge < -0.3 is 14.2 Å². The third-order valence-corrected chi connectivity index (χ3v) is 4.36. The summed E-state index contributed by atoms with van der Waals surface area (Å²) < 4.78 is 10.6. The normalized spacial score (nSPS) is 10.6.